The zero-order chi connectivity index (χ0) is 23.4. The Kier molecular flexibility index (Phi) is 7.26. The summed E-state index contributed by atoms with van der Waals surface area (Å²) in [6, 6.07) is 9.35. The smallest absolute Gasteiger partial charge is 0.250 e. The first-order valence-corrected chi connectivity index (χ1v) is 11.5. The number of hydrazone groups is 1. The lowest BCUT2D eigenvalue weighted by molar-refractivity contribution is 0.122. The van der Waals surface area contributed by atoms with Gasteiger partial charge in [0.1, 0.15) is 5.75 Å². The Morgan fingerprint density at radius 3 is 2.67 bits per heavy atom. The molecular formula is C22H23BrClN7O2. The number of rotatable bonds is 6. The topological polar surface area (TPSA) is 108 Å². The first-order valence-electron chi connectivity index (χ1n) is 10.3. The van der Waals surface area contributed by atoms with Crippen molar-refractivity contribution >= 4 is 57.3 Å². The Bertz CT molecular complexity index is 1190. The van der Waals surface area contributed by atoms with Gasteiger partial charge in [0.2, 0.25) is 17.8 Å². The molecule has 0 amide bonds. The molecule has 0 bridgehead atoms. The van der Waals surface area contributed by atoms with Crippen molar-refractivity contribution in [2.75, 3.05) is 41.9 Å². The maximum Gasteiger partial charge on any atom is 0.250 e. The number of aromatic nitrogens is 3. The van der Waals surface area contributed by atoms with E-state index in [0.717, 1.165) is 16.8 Å². The Labute approximate surface area is 205 Å². The molecule has 4 rings (SSSR count). The van der Waals surface area contributed by atoms with E-state index >= 15 is 0 Å². The number of morpholine rings is 1. The fourth-order valence-corrected chi connectivity index (χ4v) is 4.04. The Hall–Kier alpha value is -2.95. The van der Waals surface area contributed by atoms with Crippen LogP contribution in [0, 0.1) is 13.8 Å². The maximum absolute atomic E-state index is 10.2. The quantitative estimate of drug-likeness (QED) is 0.311. The summed E-state index contributed by atoms with van der Waals surface area (Å²) < 4.78 is 5.92. The molecule has 1 aliphatic heterocycles. The second kappa shape index (κ2) is 10.3. The van der Waals surface area contributed by atoms with Crippen LogP contribution in [0.2, 0.25) is 5.02 Å². The van der Waals surface area contributed by atoms with Crippen LogP contribution < -0.4 is 15.6 Å². The van der Waals surface area contributed by atoms with Gasteiger partial charge in [-0.05, 0) is 59.1 Å². The minimum atomic E-state index is 0.0341. The van der Waals surface area contributed by atoms with Crippen molar-refractivity contribution in [3.8, 4) is 5.75 Å². The van der Waals surface area contributed by atoms with Crippen LogP contribution in [0.25, 0.3) is 0 Å². The van der Waals surface area contributed by atoms with Crippen molar-refractivity contribution in [3.05, 3.63) is 56.5 Å². The summed E-state index contributed by atoms with van der Waals surface area (Å²) in [4.78, 5) is 15.6. The molecule has 0 radical (unpaired) electrons. The maximum atomic E-state index is 10.2. The van der Waals surface area contributed by atoms with E-state index in [-0.39, 0.29) is 11.7 Å². The van der Waals surface area contributed by atoms with Crippen molar-refractivity contribution in [1.29, 1.82) is 0 Å². The average molecular weight is 533 g/mol. The molecule has 2 heterocycles. The van der Waals surface area contributed by atoms with Gasteiger partial charge in [-0.1, -0.05) is 23.7 Å². The molecule has 3 aromatic rings. The van der Waals surface area contributed by atoms with E-state index in [1.165, 1.54) is 6.21 Å². The minimum Gasteiger partial charge on any atom is -0.506 e. The molecule has 1 saturated heterocycles. The molecule has 0 saturated carbocycles. The second-order valence-corrected chi connectivity index (χ2v) is 8.81. The van der Waals surface area contributed by atoms with Gasteiger partial charge >= 0.3 is 0 Å². The fourth-order valence-electron chi connectivity index (χ4n) is 3.21. The molecule has 1 aliphatic rings. The monoisotopic (exact) mass is 531 g/mol. The van der Waals surface area contributed by atoms with Crippen LogP contribution in [-0.4, -0.2) is 52.6 Å². The van der Waals surface area contributed by atoms with Crippen molar-refractivity contribution in [3.63, 3.8) is 0 Å². The minimum absolute atomic E-state index is 0.0341. The van der Waals surface area contributed by atoms with Crippen LogP contribution in [-0.2, 0) is 4.74 Å². The zero-order valence-electron chi connectivity index (χ0n) is 18.1. The summed E-state index contributed by atoms with van der Waals surface area (Å²) in [6.07, 6.45) is 1.45. The predicted octanol–water partition coefficient (Wildman–Crippen LogP) is 4.64. The first-order chi connectivity index (χ1) is 15.9. The van der Waals surface area contributed by atoms with Crippen LogP contribution in [0.1, 0.15) is 16.7 Å². The van der Waals surface area contributed by atoms with Crippen molar-refractivity contribution in [1.82, 2.24) is 15.0 Å². The molecule has 9 nitrogen and oxygen atoms in total. The number of hydrogen-bond donors (Lipinski definition) is 3. The number of benzene rings is 2. The first kappa shape index (κ1) is 23.2. The third-order valence-electron chi connectivity index (χ3n) is 4.98. The van der Waals surface area contributed by atoms with Gasteiger partial charge in [0.15, 0.2) is 0 Å². The highest BCUT2D eigenvalue weighted by molar-refractivity contribution is 9.10. The normalized spacial score (nSPS) is 14.0. The van der Waals surface area contributed by atoms with E-state index in [2.05, 4.69) is 52.8 Å². The Balaban J connectivity index is 1.62. The standard InChI is InChI=1S/C22H23BrClN7O2/c1-13-3-4-14(2)18(9-13)26-20-27-21(29-22(28-20)31-5-7-33-8-6-31)30-25-12-15-10-16(24)11-17(23)19(15)32/h3-4,9-12,32H,5-8H2,1-2H3,(H2,26,27,28,29,30)/b25-12+. The van der Waals surface area contributed by atoms with Gasteiger partial charge in [-0.3, -0.25) is 0 Å². The lowest BCUT2D eigenvalue weighted by Gasteiger charge is -2.27. The summed E-state index contributed by atoms with van der Waals surface area (Å²) in [7, 11) is 0. The van der Waals surface area contributed by atoms with Gasteiger partial charge in [0.05, 0.1) is 23.9 Å². The molecular weight excluding hydrogens is 510 g/mol. The lowest BCUT2D eigenvalue weighted by Crippen LogP contribution is -2.37. The van der Waals surface area contributed by atoms with E-state index in [4.69, 9.17) is 16.3 Å². The highest BCUT2D eigenvalue weighted by Crippen LogP contribution is 2.30. The summed E-state index contributed by atoms with van der Waals surface area (Å²) in [5, 5.41) is 18.1. The molecule has 0 unspecified atom stereocenters. The van der Waals surface area contributed by atoms with Crippen LogP contribution in [0.5, 0.6) is 5.75 Å². The summed E-state index contributed by atoms with van der Waals surface area (Å²) in [6.45, 7) is 6.62. The highest BCUT2D eigenvalue weighted by atomic mass is 79.9. The number of hydrogen-bond acceptors (Lipinski definition) is 9. The zero-order valence-corrected chi connectivity index (χ0v) is 20.5. The molecule has 1 fully saturated rings. The third kappa shape index (κ3) is 5.89. The number of anilines is 4. The van der Waals surface area contributed by atoms with Gasteiger partial charge < -0.3 is 20.1 Å². The molecule has 0 spiro atoms. The predicted molar refractivity (Wildman–Crippen MR) is 134 cm³/mol. The van der Waals surface area contributed by atoms with Gasteiger partial charge in [-0.2, -0.15) is 20.1 Å². The number of phenols is 1. The number of nitrogens with one attached hydrogen (secondary N) is 2. The van der Waals surface area contributed by atoms with E-state index in [0.29, 0.717) is 53.3 Å². The van der Waals surface area contributed by atoms with Crippen molar-refractivity contribution < 1.29 is 9.84 Å². The van der Waals surface area contributed by atoms with Gasteiger partial charge in [-0.25, -0.2) is 5.43 Å². The molecule has 33 heavy (non-hydrogen) atoms. The Morgan fingerprint density at radius 1 is 1.12 bits per heavy atom. The molecule has 0 atom stereocenters. The molecule has 11 heteroatoms. The SMILES string of the molecule is Cc1ccc(C)c(Nc2nc(N/N=C/c3cc(Cl)cc(Br)c3O)nc(N3CCOCC3)n2)c1. The number of halogens is 2. The van der Waals surface area contributed by atoms with Crippen LogP contribution in [0.4, 0.5) is 23.5 Å². The number of aromatic hydroxyl groups is 1. The van der Waals surface area contributed by atoms with Crippen LogP contribution >= 0.6 is 27.5 Å². The average Bonchev–Trinajstić information content (AvgIpc) is 2.80. The van der Waals surface area contributed by atoms with Crippen molar-refractivity contribution in [2.45, 2.75) is 13.8 Å². The fraction of sp³-hybridized carbons (Fsp3) is 0.273. The number of phenolic OH excluding ortho intramolecular Hbond substituents is 1. The Morgan fingerprint density at radius 2 is 1.88 bits per heavy atom. The number of nitrogens with zero attached hydrogens (tertiary/aromatic N) is 5. The van der Waals surface area contributed by atoms with Crippen LogP contribution in [0.3, 0.4) is 0 Å². The summed E-state index contributed by atoms with van der Waals surface area (Å²) in [5.74, 6) is 1.21. The largest absolute Gasteiger partial charge is 0.506 e. The van der Waals surface area contributed by atoms with Gasteiger partial charge in [-0.15, -0.1) is 0 Å². The summed E-state index contributed by atoms with van der Waals surface area (Å²) in [5.41, 5.74) is 6.39. The van der Waals surface area contributed by atoms with E-state index in [9.17, 15) is 5.11 Å². The molecule has 1 aromatic heterocycles. The summed E-state index contributed by atoms with van der Waals surface area (Å²) >= 11 is 9.33. The van der Waals surface area contributed by atoms with E-state index < -0.39 is 0 Å². The van der Waals surface area contributed by atoms with Crippen LogP contribution in [0.15, 0.2) is 39.9 Å². The number of aryl methyl sites for hydroxylation is 2. The van der Waals surface area contributed by atoms with Crippen molar-refractivity contribution in [2.24, 2.45) is 5.10 Å². The lowest BCUT2D eigenvalue weighted by atomic mass is 10.1. The van der Waals surface area contributed by atoms with Gasteiger partial charge in [0, 0.05) is 29.4 Å². The molecule has 3 N–H and O–H groups in total. The third-order valence-corrected chi connectivity index (χ3v) is 5.81. The molecule has 2 aromatic carbocycles. The van der Waals surface area contributed by atoms with Gasteiger partial charge in [0.25, 0.3) is 0 Å². The second-order valence-electron chi connectivity index (χ2n) is 7.52. The van der Waals surface area contributed by atoms with E-state index in [1.807, 2.05) is 30.9 Å². The number of ether oxygens (including phenoxy) is 1. The molecule has 0 aliphatic carbocycles. The highest BCUT2D eigenvalue weighted by Gasteiger charge is 2.17. The van der Waals surface area contributed by atoms with E-state index in [1.54, 1.807) is 12.1 Å². The molecule has 172 valence electrons.